The number of thiophene rings is 1. The van der Waals surface area contributed by atoms with E-state index in [4.69, 9.17) is 19.4 Å². The molecule has 0 fully saturated rings. The van der Waals surface area contributed by atoms with Crippen molar-refractivity contribution in [1.29, 1.82) is 0 Å². The van der Waals surface area contributed by atoms with Crippen LogP contribution in [-0.2, 0) is 0 Å². The lowest BCUT2D eigenvalue weighted by Crippen LogP contribution is -2.01. The Hall–Kier alpha value is -6.43. The average Bonchev–Trinajstić information content (AvgIpc) is 3.74. The molecular formula is C45H25N3OS. The van der Waals surface area contributed by atoms with E-state index >= 15 is 0 Å². The van der Waals surface area contributed by atoms with Crippen LogP contribution in [0, 0.1) is 0 Å². The van der Waals surface area contributed by atoms with Gasteiger partial charge < -0.3 is 4.42 Å². The summed E-state index contributed by atoms with van der Waals surface area (Å²) in [7, 11) is 0. The third kappa shape index (κ3) is 4.08. The summed E-state index contributed by atoms with van der Waals surface area (Å²) in [6, 6.07) is 53.2. The minimum absolute atomic E-state index is 0.578. The first-order valence-electron chi connectivity index (χ1n) is 16.7. The molecule has 50 heavy (non-hydrogen) atoms. The second-order valence-corrected chi connectivity index (χ2v) is 13.8. The summed E-state index contributed by atoms with van der Waals surface area (Å²) in [5.74, 6) is 1.84. The number of para-hydroxylation sites is 1. The zero-order chi connectivity index (χ0) is 32.8. The smallest absolute Gasteiger partial charge is 0.167 e. The summed E-state index contributed by atoms with van der Waals surface area (Å²) in [6.45, 7) is 0. The molecule has 0 spiro atoms. The number of hydrogen-bond acceptors (Lipinski definition) is 5. The van der Waals surface area contributed by atoms with Crippen LogP contribution in [0.5, 0.6) is 0 Å². The summed E-state index contributed by atoms with van der Waals surface area (Å²) < 4.78 is 9.08. The largest absolute Gasteiger partial charge is 0.455 e. The highest BCUT2D eigenvalue weighted by molar-refractivity contribution is 7.26. The number of nitrogens with zero attached hydrogens (tertiary/aromatic N) is 3. The van der Waals surface area contributed by atoms with Gasteiger partial charge in [-0.3, -0.25) is 0 Å². The lowest BCUT2D eigenvalue weighted by atomic mass is 9.97. The molecule has 8 aromatic carbocycles. The molecule has 0 atom stereocenters. The molecule has 3 aromatic heterocycles. The van der Waals surface area contributed by atoms with Crippen molar-refractivity contribution < 1.29 is 4.42 Å². The van der Waals surface area contributed by atoms with Crippen molar-refractivity contribution in [1.82, 2.24) is 15.0 Å². The number of benzene rings is 8. The summed E-state index contributed by atoms with van der Waals surface area (Å²) >= 11 is 1.78. The fraction of sp³-hybridized carbons (Fsp3) is 0. The first-order chi connectivity index (χ1) is 24.8. The first kappa shape index (κ1) is 27.5. The maximum atomic E-state index is 6.68. The molecule has 0 aliphatic heterocycles. The summed E-state index contributed by atoms with van der Waals surface area (Å²) in [6.07, 6.45) is 0. The molecule has 5 heteroatoms. The van der Waals surface area contributed by atoms with Crippen LogP contribution in [0.2, 0.25) is 0 Å². The van der Waals surface area contributed by atoms with E-state index in [9.17, 15) is 0 Å². The third-order valence-corrected chi connectivity index (χ3v) is 11.1. The monoisotopic (exact) mass is 655 g/mol. The molecule has 0 aliphatic carbocycles. The lowest BCUT2D eigenvalue weighted by molar-refractivity contribution is 0.670. The van der Waals surface area contributed by atoms with Crippen molar-refractivity contribution in [2.75, 3.05) is 0 Å². The molecule has 11 rings (SSSR count). The molecule has 4 nitrogen and oxygen atoms in total. The van der Waals surface area contributed by atoms with Gasteiger partial charge in [-0.15, -0.1) is 11.3 Å². The van der Waals surface area contributed by atoms with Crippen LogP contribution in [0.4, 0.5) is 0 Å². The molecule has 3 heterocycles. The molecule has 0 N–H and O–H groups in total. The first-order valence-corrected chi connectivity index (χ1v) is 17.5. The van der Waals surface area contributed by atoms with E-state index in [1.165, 1.54) is 31.6 Å². The second-order valence-electron chi connectivity index (χ2n) is 12.8. The van der Waals surface area contributed by atoms with Crippen LogP contribution in [0.3, 0.4) is 0 Å². The Morgan fingerprint density at radius 3 is 1.78 bits per heavy atom. The van der Waals surface area contributed by atoms with Crippen molar-refractivity contribution in [2.24, 2.45) is 0 Å². The lowest BCUT2D eigenvalue weighted by Gasteiger charge is -2.13. The fourth-order valence-corrected chi connectivity index (χ4v) is 8.77. The highest BCUT2D eigenvalue weighted by atomic mass is 32.1. The minimum atomic E-state index is 0.578. The van der Waals surface area contributed by atoms with E-state index in [1.807, 2.05) is 0 Å². The minimum Gasteiger partial charge on any atom is -0.455 e. The number of fused-ring (bicyclic) bond motifs is 10. The molecule has 0 bridgehead atoms. The van der Waals surface area contributed by atoms with Crippen LogP contribution >= 0.6 is 11.3 Å². The average molecular weight is 656 g/mol. The Kier molecular flexibility index (Phi) is 5.80. The molecule has 0 unspecified atom stereocenters. The molecular weight excluding hydrogens is 631 g/mol. The number of furan rings is 1. The predicted octanol–water partition coefficient (Wildman–Crippen LogP) is 12.6. The topological polar surface area (TPSA) is 51.8 Å². The molecule has 232 valence electrons. The summed E-state index contributed by atoms with van der Waals surface area (Å²) in [4.78, 5) is 15.8. The Morgan fingerprint density at radius 1 is 0.380 bits per heavy atom. The maximum Gasteiger partial charge on any atom is 0.167 e. The fourth-order valence-electron chi connectivity index (χ4n) is 7.56. The summed E-state index contributed by atoms with van der Waals surface area (Å²) in [5, 5.41) is 11.5. The van der Waals surface area contributed by atoms with Gasteiger partial charge in [0.1, 0.15) is 11.2 Å². The van der Waals surface area contributed by atoms with Crippen LogP contribution in [0.25, 0.3) is 109 Å². The number of aromatic nitrogens is 3. The van der Waals surface area contributed by atoms with Gasteiger partial charge in [-0.2, -0.15) is 0 Å². The van der Waals surface area contributed by atoms with Gasteiger partial charge in [0.2, 0.25) is 0 Å². The van der Waals surface area contributed by atoms with Gasteiger partial charge in [0.05, 0.1) is 5.56 Å². The highest BCUT2D eigenvalue weighted by Gasteiger charge is 2.21. The molecule has 0 amide bonds. The van der Waals surface area contributed by atoms with Gasteiger partial charge in [-0.1, -0.05) is 115 Å². The van der Waals surface area contributed by atoms with E-state index in [0.29, 0.717) is 17.5 Å². The van der Waals surface area contributed by atoms with E-state index in [1.54, 1.807) is 11.3 Å². The normalized spacial score (nSPS) is 12.0. The molecule has 0 aliphatic rings. The predicted molar refractivity (Wildman–Crippen MR) is 209 cm³/mol. The van der Waals surface area contributed by atoms with Gasteiger partial charge in [0.25, 0.3) is 0 Å². The van der Waals surface area contributed by atoms with E-state index in [-0.39, 0.29) is 0 Å². The van der Waals surface area contributed by atoms with Crippen molar-refractivity contribution >= 4 is 85.8 Å². The molecule has 11 aromatic rings. The third-order valence-electron chi connectivity index (χ3n) is 9.90. The van der Waals surface area contributed by atoms with Gasteiger partial charge in [0, 0.05) is 42.1 Å². The SMILES string of the molecule is c1ccc2cc3c(cc2c1)oc1c(-c2nc(-c4cc5ccccc5c5ccccc45)nc(-c4cccc5c4sc4ccccc45)n2)cccc13. The molecule has 0 saturated carbocycles. The van der Waals surface area contributed by atoms with E-state index in [2.05, 4.69) is 152 Å². The highest BCUT2D eigenvalue weighted by Crippen LogP contribution is 2.42. The second kappa shape index (κ2) is 10.5. The zero-order valence-electron chi connectivity index (χ0n) is 26.6. The van der Waals surface area contributed by atoms with Crippen LogP contribution < -0.4 is 0 Å². The standard InChI is InChI=1S/C45H25N3OS/c1-2-12-27-25-39-37(23-26(27)11-1)33-18-9-20-35(41(33)49-39)43-46-44(36-21-10-19-34-32-17-7-8-22-40(32)50-42(34)36)48-45(47-43)38-24-28-13-3-4-14-29(28)30-15-5-6-16-31(30)38/h1-25H. The van der Waals surface area contributed by atoms with Crippen molar-refractivity contribution in [3.63, 3.8) is 0 Å². The van der Waals surface area contributed by atoms with Gasteiger partial charge in [-0.05, 0) is 68.7 Å². The Balaban J connectivity index is 1.23. The van der Waals surface area contributed by atoms with Crippen LogP contribution in [0.1, 0.15) is 0 Å². The number of hydrogen-bond donors (Lipinski definition) is 0. The van der Waals surface area contributed by atoms with Crippen molar-refractivity contribution in [2.45, 2.75) is 0 Å². The number of rotatable bonds is 3. The van der Waals surface area contributed by atoms with Crippen molar-refractivity contribution in [3.05, 3.63) is 152 Å². The van der Waals surface area contributed by atoms with Crippen molar-refractivity contribution in [3.8, 4) is 34.2 Å². The van der Waals surface area contributed by atoms with Gasteiger partial charge in [-0.25, -0.2) is 15.0 Å². The Morgan fingerprint density at radius 2 is 0.960 bits per heavy atom. The Bertz CT molecular complexity index is 3170. The van der Waals surface area contributed by atoms with Crippen LogP contribution in [-0.4, -0.2) is 15.0 Å². The van der Waals surface area contributed by atoms with Crippen LogP contribution in [0.15, 0.2) is 156 Å². The molecule has 0 radical (unpaired) electrons. The summed E-state index contributed by atoms with van der Waals surface area (Å²) in [5.41, 5.74) is 4.40. The molecule has 0 saturated heterocycles. The van der Waals surface area contributed by atoms with Gasteiger partial charge in [0.15, 0.2) is 17.5 Å². The zero-order valence-corrected chi connectivity index (χ0v) is 27.4. The van der Waals surface area contributed by atoms with E-state index < -0.39 is 0 Å². The Labute approximate surface area is 289 Å². The maximum absolute atomic E-state index is 6.68. The van der Waals surface area contributed by atoms with E-state index in [0.717, 1.165) is 59.5 Å². The van der Waals surface area contributed by atoms with Gasteiger partial charge >= 0.3 is 0 Å². The quantitative estimate of drug-likeness (QED) is 0.178.